The second-order valence-electron chi connectivity index (χ2n) is 9.07. The fourth-order valence-electron chi connectivity index (χ4n) is 4.40. The number of carbonyl (C=O) groups is 1. The molecule has 0 bridgehead atoms. The molecule has 5 aromatic rings. The van der Waals surface area contributed by atoms with Gasteiger partial charge in [-0.15, -0.1) is 11.3 Å². The first-order valence-electron chi connectivity index (χ1n) is 12.8. The molecule has 1 amide bonds. The zero-order valence-electron chi connectivity index (χ0n) is 21.2. The van der Waals surface area contributed by atoms with Crippen LogP contribution in [-0.2, 0) is 4.74 Å². The van der Waals surface area contributed by atoms with Gasteiger partial charge in [-0.25, -0.2) is 15.0 Å². The smallest absolute Gasteiger partial charge is 0.274 e. The van der Waals surface area contributed by atoms with Crippen LogP contribution in [0.5, 0.6) is 0 Å². The van der Waals surface area contributed by atoms with Gasteiger partial charge in [0.25, 0.3) is 5.91 Å². The van der Waals surface area contributed by atoms with Crippen LogP contribution in [-0.4, -0.2) is 70.1 Å². The normalized spacial score (nSPS) is 13.8. The summed E-state index contributed by atoms with van der Waals surface area (Å²) in [6.07, 6.45) is 3.53. The highest BCUT2D eigenvalue weighted by atomic mass is 32.1. The van der Waals surface area contributed by atoms with E-state index >= 15 is 0 Å². The number of hydrogen-bond donors (Lipinski definition) is 2. The lowest BCUT2D eigenvalue weighted by atomic mass is 10.1. The van der Waals surface area contributed by atoms with Crippen LogP contribution in [0.25, 0.3) is 32.2 Å². The van der Waals surface area contributed by atoms with Crippen LogP contribution >= 0.6 is 11.3 Å². The zero-order valence-corrected chi connectivity index (χ0v) is 22.0. The summed E-state index contributed by atoms with van der Waals surface area (Å²) in [5, 5.41) is 7.25. The Morgan fingerprint density at radius 3 is 2.64 bits per heavy atom. The molecule has 1 aliphatic heterocycles. The minimum Gasteiger partial charge on any atom is -0.379 e. The van der Waals surface area contributed by atoms with Crippen molar-refractivity contribution in [3.05, 3.63) is 84.8 Å². The number of anilines is 2. The summed E-state index contributed by atoms with van der Waals surface area (Å²) in [6, 6.07) is 20.9. The van der Waals surface area contributed by atoms with E-state index in [1.165, 1.54) is 11.3 Å². The van der Waals surface area contributed by atoms with Crippen molar-refractivity contribution in [2.75, 3.05) is 50.0 Å². The van der Waals surface area contributed by atoms with E-state index in [1.54, 1.807) is 18.5 Å². The molecule has 0 atom stereocenters. The fourth-order valence-corrected chi connectivity index (χ4v) is 5.37. The molecule has 1 fully saturated rings. The van der Waals surface area contributed by atoms with Gasteiger partial charge < -0.3 is 15.4 Å². The third-order valence-electron chi connectivity index (χ3n) is 6.43. The minimum absolute atomic E-state index is 0.279. The second-order valence-corrected chi connectivity index (χ2v) is 10.1. The Morgan fingerprint density at radius 1 is 0.974 bits per heavy atom. The maximum Gasteiger partial charge on any atom is 0.274 e. The van der Waals surface area contributed by atoms with Crippen molar-refractivity contribution in [3.8, 4) is 22.0 Å². The molecule has 0 unspecified atom stereocenters. The van der Waals surface area contributed by atoms with E-state index in [2.05, 4.69) is 25.5 Å². The molecule has 3 aromatic heterocycles. The molecule has 1 aliphatic rings. The molecule has 2 aromatic carbocycles. The Kier molecular flexibility index (Phi) is 7.48. The number of rotatable bonds is 8. The van der Waals surface area contributed by atoms with Crippen LogP contribution in [0.4, 0.5) is 11.5 Å². The minimum atomic E-state index is -0.318. The van der Waals surface area contributed by atoms with Crippen molar-refractivity contribution in [2.45, 2.75) is 0 Å². The summed E-state index contributed by atoms with van der Waals surface area (Å²) in [5.41, 5.74) is 3.50. The maximum absolute atomic E-state index is 13.5. The molecule has 39 heavy (non-hydrogen) atoms. The number of fused-ring (bicyclic) bond motifs is 1. The topological polar surface area (TPSA) is 105 Å². The SMILES string of the molecule is O=C(Nc1ccccc1-c1nc2ccncc2s1)c1cc(NCCN2CCOCC2)nc(-c2ccccc2)n1. The van der Waals surface area contributed by atoms with Gasteiger partial charge in [-0.1, -0.05) is 42.5 Å². The molecule has 1 saturated heterocycles. The molecule has 9 nitrogen and oxygen atoms in total. The number of nitrogens with zero attached hydrogens (tertiary/aromatic N) is 5. The molecule has 0 aliphatic carbocycles. The van der Waals surface area contributed by atoms with Gasteiger partial charge in [0.2, 0.25) is 0 Å². The number of carbonyl (C=O) groups excluding carboxylic acids is 1. The highest BCUT2D eigenvalue weighted by Crippen LogP contribution is 2.34. The summed E-state index contributed by atoms with van der Waals surface area (Å²) in [4.78, 5) is 34.2. The number of para-hydroxylation sites is 1. The van der Waals surface area contributed by atoms with Crippen LogP contribution in [0.3, 0.4) is 0 Å². The Bertz CT molecular complexity index is 1550. The predicted octanol–water partition coefficient (Wildman–Crippen LogP) is 4.81. The molecular formula is C29H27N7O2S. The number of aromatic nitrogens is 4. The van der Waals surface area contributed by atoms with Gasteiger partial charge in [0.15, 0.2) is 5.82 Å². The number of benzene rings is 2. The lowest BCUT2D eigenvalue weighted by Gasteiger charge is -2.26. The lowest BCUT2D eigenvalue weighted by molar-refractivity contribution is 0.0398. The van der Waals surface area contributed by atoms with Crippen LogP contribution < -0.4 is 10.6 Å². The van der Waals surface area contributed by atoms with Crippen LogP contribution in [0.1, 0.15) is 10.5 Å². The van der Waals surface area contributed by atoms with Gasteiger partial charge in [-0.05, 0) is 18.2 Å². The summed E-state index contributed by atoms with van der Waals surface area (Å²) >= 11 is 1.54. The average molecular weight is 538 g/mol. The van der Waals surface area contributed by atoms with Gasteiger partial charge in [0.1, 0.15) is 16.5 Å². The first kappa shape index (κ1) is 25.1. The van der Waals surface area contributed by atoms with Crippen molar-refractivity contribution in [3.63, 3.8) is 0 Å². The van der Waals surface area contributed by atoms with E-state index in [-0.39, 0.29) is 11.6 Å². The maximum atomic E-state index is 13.5. The fraction of sp³-hybridized carbons (Fsp3) is 0.207. The summed E-state index contributed by atoms with van der Waals surface area (Å²) in [6.45, 7) is 4.90. The Hall–Kier alpha value is -4.25. The van der Waals surface area contributed by atoms with Crippen molar-refractivity contribution in [2.24, 2.45) is 0 Å². The zero-order chi connectivity index (χ0) is 26.4. The molecule has 10 heteroatoms. The van der Waals surface area contributed by atoms with E-state index in [0.29, 0.717) is 23.9 Å². The molecule has 4 heterocycles. The average Bonchev–Trinajstić information content (AvgIpc) is 3.43. The van der Waals surface area contributed by atoms with Crippen molar-refractivity contribution < 1.29 is 9.53 Å². The summed E-state index contributed by atoms with van der Waals surface area (Å²) in [7, 11) is 0. The Balaban J connectivity index is 1.26. The monoisotopic (exact) mass is 537 g/mol. The van der Waals surface area contributed by atoms with E-state index in [0.717, 1.165) is 59.2 Å². The molecule has 196 valence electrons. The first-order valence-corrected chi connectivity index (χ1v) is 13.6. The van der Waals surface area contributed by atoms with Crippen LogP contribution in [0.2, 0.25) is 0 Å². The van der Waals surface area contributed by atoms with E-state index in [9.17, 15) is 4.79 Å². The van der Waals surface area contributed by atoms with E-state index in [4.69, 9.17) is 14.7 Å². The quantitative estimate of drug-likeness (QED) is 0.291. The number of nitrogens with one attached hydrogen (secondary N) is 2. The Labute approximate surface area is 229 Å². The van der Waals surface area contributed by atoms with E-state index in [1.807, 2.05) is 60.7 Å². The molecule has 0 spiro atoms. The molecule has 6 rings (SSSR count). The first-order chi connectivity index (χ1) is 19.2. The summed E-state index contributed by atoms with van der Waals surface area (Å²) in [5.74, 6) is 0.777. The Morgan fingerprint density at radius 2 is 1.79 bits per heavy atom. The highest BCUT2D eigenvalue weighted by molar-refractivity contribution is 7.21. The predicted molar refractivity (Wildman–Crippen MR) is 154 cm³/mol. The third kappa shape index (κ3) is 5.93. The molecule has 0 radical (unpaired) electrons. The number of amides is 1. The van der Waals surface area contributed by atoms with Crippen molar-refractivity contribution >= 4 is 39.0 Å². The largest absolute Gasteiger partial charge is 0.379 e. The molecule has 0 saturated carbocycles. The third-order valence-corrected chi connectivity index (χ3v) is 7.46. The second kappa shape index (κ2) is 11.6. The standard InChI is InChI=1S/C29H27N7O2S/c37-28(33-22-9-5-4-8-21(22)29-34-23-10-11-30-19-25(23)39-29)24-18-26(31-12-13-36-14-16-38-17-15-36)35-27(32-24)20-6-2-1-3-7-20/h1-11,18-19H,12-17H2,(H,33,37)(H,31,32,35). The number of ether oxygens (including phenoxy) is 1. The summed E-state index contributed by atoms with van der Waals surface area (Å²) < 4.78 is 6.43. The van der Waals surface area contributed by atoms with Crippen LogP contribution in [0.15, 0.2) is 79.1 Å². The van der Waals surface area contributed by atoms with Gasteiger partial charge in [0, 0.05) is 55.8 Å². The number of thiazole rings is 1. The number of hydrogen-bond acceptors (Lipinski definition) is 9. The van der Waals surface area contributed by atoms with Crippen molar-refractivity contribution in [1.29, 1.82) is 0 Å². The van der Waals surface area contributed by atoms with Gasteiger partial charge in [-0.2, -0.15) is 0 Å². The molecular weight excluding hydrogens is 510 g/mol. The number of morpholine rings is 1. The molecule has 2 N–H and O–H groups in total. The van der Waals surface area contributed by atoms with Crippen LogP contribution in [0, 0.1) is 0 Å². The number of pyridine rings is 1. The van der Waals surface area contributed by atoms with E-state index < -0.39 is 0 Å². The van der Waals surface area contributed by atoms with Gasteiger partial charge in [-0.3, -0.25) is 14.7 Å². The van der Waals surface area contributed by atoms with Crippen molar-refractivity contribution in [1.82, 2.24) is 24.8 Å². The highest BCUT2D eigenvalue weighted by Gasteiger charge is 2.17. The van der Waals surface area contributed by atoms with Gasteiger partial charge >= 0.3 is 0 Å². The van der Waals surface area contributed by atoms with Gasteiger partial charge in [0.05, 0.1) is 29.1 Å². The lowest BCUT2D eigenvalue weighted by Crippen LogP contribution is -2.39.